The number of hydrogen-bond donors (Lipinski definition) is 0. The molecule has 3 aromatic rings. The molecule has 0 N–H and O–H groups in total. The first kappa shape index (κ1) is 17.8. The van der Waals surface area contributed by atoms with E-state index in [0.717, 1.165) is 22.1 Å². The Hall–Kier alpha value is -3.00. The van der Waals surface area contributed by atoms with E-state index in [1.165, 1.54) is 17.8 Å². The zero-order valence-corrected chi connectivity index (χ0v) is 15.0. The maximum atomic E-state index is 11.1. The average Bonchev–Trinajstić information content (AvgIpc) is 3.04. The van der Waals surface area contributed by atoms with Crippen molar-refractivity contribution >= 4 is 17.4 Å². The molecule has 0 fully saturated rings. The van der Waals surface area contributed by atoms with Gasteiger partial charge in [0.05, 0.1) is 4.92 Å². The molecule has 0 saturated heterocycles. The fourth-order valence-electron chi connectivity index (χ4n) is 2.57. The Kier molecular flexibility index (Phi) is 5.43. The SMILES string of the molecule is C=CCn1c(SCc2cccc([N+](=O)[O-])c2C)nnc1-c1ccncc1. The van der Waals surface area contributed by atoms with Gasteiger partial charge in [-0.05, 0) is 24.6 Å². The van der Waals surface area contributed by atoms with Crippen LogP contribution in [0.25, 0.3) is 11.4 Å². The molecule has 3 rings (SSSR count). The van der Waals surface area contributed by atoms with Gasteiger partial charge in [-0.2, -0.15) is 0 Å². The van der Waals surface area contributed by atoms with Crippen LogP contribution < -0.4 is 0 Å². The van der Waals surface area contributed by atoms with Crippen molar-refractivity contribution in [2.24, 2.45) is 0 Å². The highest BCUT2D eigenvalue weighted by atomic mass is 32.2. The van der Waals surface area contributed by atoms with E-state index >= 15 is 0 Å². The van der Waals surface area contributed by atoms with E-state index in [0.29, 0.717) is 17.9 Å². The number of rotatable bonds is 7. The van der Waals surface area contributed by atoms with Crippen LogP contribution in [0.15, 0.2) is 60.5 Å². The normalized spacial score (nSPS) is 10.7. The molecular formula is C18H17N5O2S. The van der Waals surface area contributed by atoms with Crippen LogP contribution in [-0.2, 0) is 12.3 Å². The number of hydrogen-bond acceptors (Lipinski definition) is 6. The van der Waals surface area contributed by atoms with Crippen LogP contribution in [0.5, 0.6) is 0 Å². The first-order chi connectivity index (χ1) is 12.6. The van der Waals surface area contributed by atoms with E-state index in [4.69, 9.17) is 0 Å². The molecule has 0 radical (unpaired) electrons. The number of nitro benzene ring substituents is 1. The molecule has 1 aromatic carbocycles. The third-order valence-electron chi connectivity index (χ3n) is 3.94. The van der Waals surface area contributed by atoms with Gasteiger partial charge in [-0.1, -0.05) is 30.0 Å². The van der Waals surface area contributed by atoms with E-state index in [1.807, 2.05) is 22.8 Å². The summed E-state index contributed by atoms with van der Waals surface area (Å²) in [4.78, 5) is 14.8. The lowest BCUT2D eigenvalue weighted by Crippen LogP contribution is -2.01. The fraction of sp³-hybridized carbons (Fsp3) is 0.167. The molecule has 0 saturated carbocycles. The van der Waals surface area contributed by atoms with E-state index in [-0.39, 0.29) is 10.6 Å². The topological polar surface area (TPSA) is 86.7 Å². The van der Waals surface area contributed by atoms with Crippen LogP contribution in [0.4, 0.5) is 5.69 Å². The molecule has 132 valence electrons. The monoisotopic (exact) mass is 367 g/mol. The predicted molar refractivity (Wildman–Crippen MR) is 101 cm³/mol. The molecule has 8 heteroatoms. The Labute approximate surface area is 155 Å². The molecule has 7 nitrogen and oxygen atoms in total. The zero-order chi connectivity index (χ0) is 18.5. The lowest BCUT2D eigenvalue weighted by atomic mass is 10.1. The molecule has 0 unspecified atom stereocenters. The van der Waals surface area contributed by atoms with Crippen molar-refractivity contribution in [3.8, 4) is 11.4 Å². The van der Waals surface area contributed by atoms with E-state index in [9.17, 15) is 10.1 Å². The zero-order valence-electron chi connectivity index (χ0n) is 14.2. The van der Waals surface area contributed by atoms with Gasteiger partial charge in [-0.3, -0.25) is 19.7 Å². The molecule has 0 aliphatic carbocycles. The summed E-state index contributed by atoms with van der Waals surface area (Å²) in [5.41, 5.74) is 2.64. The standard InChI is InChI=1S/C18H17N5O2S/c1-3-11-22-17(14-7-9-19-10-8-14)20-21-18(22)26-12-15-5-4-6-16(13(15)2)23(24)25/h3-10H,1,11-12H2,2H3. The summed E-state index contributed by atoms with van der Waals surface area (Å²) in [5.74, 6) is 1.31. The predicted octanol–water partition coefficient (Wildman–Crippen LogP) is 4.04. The maximum Gasteiger partial charge on any atom is 0.272 e. The van der Waals surface area contributed by atoms with Crippen molar-refractivity contribution in [1.82, 2.24) is 19.7 Å². The Morgan fingerprint density at radius 2 is 2.04 bits per heavy atom. The van der Waals surface area contributed by atoms with Crippen LogP contribution >= 0.6 is 11.8 Å². The van der Waals surface area contributed by atoms with Crippen LogP contribution in [0.1, 0.15) is 11.1 Å². The number of aromatic nitrogens is 4. The Balaban J connectivity index is 1.87. The highest BCUT2D eigenvalue weighted by Gasteiger charge is 2.16. The molecule has 0 aliphatic rings. The maximum absolute atomic E-state index is 11.1. The molecule has 0 spiro atoms. The van der Waals surface area contributed by atoms with Crippen LogP contribution in [0.2, 0.25) is 0 Å². The minimum absolute atomic E-state index is 0.133. The second-order valence-corrected chi connectivity index (χ2v) is 6.49. The Morgan fingerprint density at radius 3 is 2.73 bits per heavy atom. The highest BCUT2D eigenvalue weighted by Crippen LogP contribution is 2.29. The molecule has 0 bridgehead atoms. The number of nitro groups is 1. The summed E-state index contributed by atoms with van der Waals surface area (Å²) >= 11 is 1.49. The molecule has 26 heavy (non-hydrogen) atoms. The summed E-state index contributed by atoms with van der Waals surface area (Å²) in [6, 6.07) is 8.88. The van der Waals surface area contributed by atoms with Gasteiger partial charge in [-0.15, -0.1) is 16.8 Å². The van der Waals surface area contributed by atoms with Crippen molar-refractivity contribution < 1.29 is 4.92 Å². The van der Waals surface area contributed by atoms with Gasteiger partial charge in [-0.25, -0.2) is 0 Å². The summed E-state index contributed by atoms with van der Waals surface area (Å²) in [5, 5.41) is 20.4. The number of thioether (sulfide) groups is 1. The van der Waals surface area contributed by atoms with Crippen molar-refractivity contribution in [2.75, 3.05) is 0 Å². The van der Waals surface area contributed by atoms with Gasteiger partial charge in [0, 0.05) is 41.9 Å². The van der Waals surface area contributed by atoms with Crippen LogP contribution in [0, 0.1) is 17.0 Å². The minimum atomic E-state index is -0.356. The third-order valence-corrected chi connectivity index (χ3v) is 4.95. The lowest BCUT2D eigenvalue weighted by Gasteiger charge is -2.09. The van der Waals surface area contributed by atoms with Crippen LogP contribution in [0.3, 0.4) is 0 Å². The molecule has 0 atom stereocenters. The number of nitrogens with zero attached hydrogens (tertiary/aromatic N) is 5. The van der Waals surface area contributed by atoms with E-state index in [2.05, 4.69) is 21.8 Å². The van der Waals surface area contributed by atoms with Gasteiger partial charge in [0.2, 0.25) is 0 Å². The van der Waals surface area contributed by atoms with Gasteiger partial charge < -0.3 is 0 Å². The third kappa shape index (κ3) is 3.65. The minimum Gasteiger partial charge on any atom is -0.298 e. The highest BCUT2D eigenvalue weighted by molar-refractivity contribution is 7.98. The summed E-state index contributed by atoms with van der Waals surface area (Å²) < 4.78 is 1.97. The van der Waals surface area contributed by atoms with Crippen molar-refractivity contribution in [1.29, 1.82) is 0 Å². The average molecular weight is 367 g/mol. The molecule has 2 aromatic heterocycles. The molecule has 2 heterocycles. The van der Waals surface area contributed by atoms with E-state index in [1.54, 1.807) is 31.5 Å². The van der Waals surface area contributed by atoms with Gasteiger partial charge in [0.25, 0.3) is 5.69 Å². The van der Waals surface area contributed by atoms with Crippen molar-refractivity contribution in [3.05, 3.63) is 76.6 Å². The number of benzene rings is 1. The second kappa shape index (κ2) is 7.92. The first-order valence-electron chi connectivity index (χ1n) is 7.92. The summed E-state index contributed by atoms with van der Waals surface area (Å²) in [7, 11) is 0. The summed E-state index contributed by atoms with van der Waals surface area (Å²) in [6.45, 7) is 6.14. The second-order valence-electron chi connectivity index (χ2n) is 5.55. The smallest absolute Gasteiger partial charge is 0.272 e. The molecular weight excluding hydrogens is 350 g/mol. The number of allylic oxidation sites excluding steroid dienone is 1. The van der Waals surface area contributed by atoms with Crippen molar-refractivity contribution in [3.63, 3.8) is 0 Å². The van der Waals surface area contributed by atoms with Gasteiger partial charge in [0.1, 0.15) is 0 Å². The molecule has 0 aliphatic heterocycles. The van der Waals surface area contributed by atoms with Crippen LogP contribution in [-0.4, -0.2) is 24.7 Å². The van der Waals surface area contributed by atoms with Gasteiger partial charge >= 0.3 is 0 Å². The van der Waals surface area contributed by atoms with Gasteiger partial charge in [0.15, 0.2) is 11.0 Å². The fourth-order valence-corrected chi connectivity index (χ4v) is 3.58. The first-order valence-corrected chi connectivity index (χ1v) is 8.90. The summed E-state index contributed by atoms with van der Waals surface area (Å²) in [6.07, 6.45) is 5.21. The molecule has 0 amide bonds. The Bertz CT molecular complexity index is 940. The Morgan fingerprint density at radius 1 is 1.27 bits per heavy atom. The largest absolute Gasteiger partial charge is 0.298 e. The van der Waals surface area contributed by atoms with E-state index < -0.39 is 0 Å². The quantitative estimate of drug-likeness (QED) is 0.271. The lowest BCUT2D eigenvalue weighted by molar-refractivity contribution is -0.385. The number of pyridine rings is 1. The van der Waals surface area contributed by atoms with Crippen molar-refractivity contribution in [2.45, 2.75) is 24.4 Å².